The fourth-order valence-corrected chi connectivity index (χ4v) is 3.89. The van der Waals surface area contributed by atoms with Crippen molar-refractivity contribution < 1.29 is 14.0 Å². The Morgan fingerprint density at radius 2 is 1.82 bits per heavy atom. The molecule has 4 heterocycles. The Morgan fingerprint density at radius 1 is 1.14 bits per heavy atom. The number of thiazole rings is 1. The smallest absolute Gasteiger partial charge is 0.289 e. The highest BCUT2D eigenvalue weighted by molar-refractivity contribution is 7.07. The molecule has 0 saturated carbocycles. The van der Waals surface area contributed by atoms with Crippen molar-refractivity contribution in [2.45, 2.75) is 0 Å². The number of fused-ring (bicyclic) bond motifs is 1. The molecule has 0 unspecified atom stereocenters. The van der Waals surface area contributed by atoms with Crippen LogP contribution in [-0.2, 0) is 0 Å². The van der Waals surface area contributed by atoms with Crippen LogP contribution in [0.2, 0.25) is 0 Å². The molecule has 2 aliphatic heterocycles. The first-order chi connectivity index (χ1) is 10.7. The molecule has 7 heteroatoms. The van der Waals surface area contributed by atoms with Crippen LogP contribution in [0.3, 0.4) is 0 Å². The molecule has 2 aromatic rings. The van der Waals surface area contributed by atoms with Gasteiger partial charge in [0.2, 0.25) is 0 Å². The summed E-state index contributed by atoms with van der Waals surface area (Å²) in [5.41, 5.74) is 2.20. The van der Waals surface area contributed by atoms with Crippen LogP contribution in [0.25, 0.3) is 0 Å². The van der Waals surface area contributed by atoms with Gasteiger partial charge >= 0.3 is 0 Å². The summed E-state index contributed by atoms with van der Waals surface area (Å²) in [6, 6.07) is 3.41. The van der Waals surface area contributed by atoms with Crippen LogP contribution in [0, 0.1) is 11.8 Å². The van der Waals surface area contributed by atoms with E-state index in [2.05, 4.69) is 4.98 Å². The fourth-order valence-electron chi connectivity index (χ4n) is 3.36. The second kappa shape index (κ2) is 5.24. The van der Waals surface area contributed by atoms with Crippen LogP contribution < -0.4 is 0 Å². The van der Waals surface area contributed by atoms with Crippen molar-refractivity contribution in [3.63, 3.8) is 0 Å². The van der Waals surface area contributed by atoms with E-state index in [1.165, 1.54) is 17.6 Å². The Bertz CT molecular complexity index is 611. The number of carbonyl (C=O) groups is 2. The van der Waals surface area contributed by atoms with Crippen LogP contribution in [0.4, 0.5) is 0 Å². The first-order valence-electron chi connectivity index (χ1n) is 7.22. The molecular weight excluding hydrogens is 302 g/mol. The summed E-state index contributed by atoms with van der Waals surface area (Å²) in [4.78, 5) is 32.4. The van der Waals surface area contributed by atoms with Crippen molar-refractivity contribution in [3.8, 4) is 0 Å². The summed E-state index contributed by atoms with van der Waals surface area (Å²) in [5.74, 6) is 1.02. The first kappa shape index (κ1) is 13.5. The third kappa shape index (κ3) is 2.21. The standard InChI is InChI=1S/C15H15N3O3S/c19-14(12-8-22-9-16-12)17-4-10-6-18(7-11(10)5-17)15(20)13-2-1-3-21-13/h1-3,8-11H,4-7H2/t10-,11-/m0/s1. The van der Waals surface area contributed by atoms with Crippen molar-refractivity contribution in [1.29, 1.82) is 0 Å². The van der Waals surface area contributed by atoms with E-state index in [-0.39, 0.29) is 11.8 Å². The molecule has 2 atom stereocenters. The Labute approximate surface area is 131 Å². The maximum absolute atomic E-state index is 12.3. The molecule has 4 rings (SSSR count). The van der Waals surface area contributed by atoms with Crippen LogP contribution >= 0.6 is 11.3 Å². The highest BCUT2D eigenvalue weighted by Crippen LogP contribution is 2.32. The van der Waals surface area contributed by atoms with Gasteiger partial charge in [-0.1, -0.05) is 0 Å². The normalized spacial score (nSPS) is 23.8. The molecule has 2 saturated heterocycles. The number of likely N-dealkylation sites (tertiary alicyclic amines) is 2. The van der Waals surface area contributed by atoms with Crippen molar-refractivity contribution in [1.82, 2.24) is 14.8 Å². The van der Waals surface area contributed by atoms with Gasteiger partial charge in [-0.2, -0.15) is 0 Å². The van der Waals surface area contributed by atoms with Crippen LogP contribution in [0.5, 0.6) is 0 Å². The summed E-state index contributed by atoms with van der Waals surface area (Å²) >= 11 is 1.43. The predicted molar refractivity (Wildman–Crippen MR) is 79.6 cm³/mol. The quantitative estimate of drug-likeness (QED) is 0.843. The van der Waals surface area contributed by atoms with Gasteiger partial charge in [-0.05, 0) is 12.1 Å². The zero-order chi connectivity index (χ0) is 15.1. The molecule has 2 fully saturated rings. The molecule has 2 aromatic heterocycles. The average molecular weight is 317 g/mol. The van der Waals surface area contributed by atoms with Crippen LogP contribution in [-0.4, -0.2) is 52.8 Å². The molecule has 0 radical (unpaired) electrons. The topological polar surface area (TPSA) is 66.7 Å². The van der Waals surface area contributed by atoms with Gasteiger partial charge in [-0.25, -0.2) is 4.98 Å². The SMILES string of the molecule is O=C(c1cscn1)N1C[C@H]2CN(C(=O)c3ccco3)C[C@@H]2C1. The zero-order valence-corrected chi connectivity index (χ0v) is 12.7. The third-order valence-electron chi connectivity index (χ3n) is 4.44. The highest BCUT2D eigenvalue weighted by Gasteiger charge is 2.43. The number of furan rings is 1. The highest BCUT2D eigenvalue weighted by atomic mass is 32.1. The van der Waals surface area contributed by atoms with Gasteiger partial charge in [0.1, 0.15) is 5.69 Å². The first-order valence-corrected chi connectivity index (χ1v) is 8.17. The molecule has 2 amide bonds. The van der Waals surface area contributed by atoms with Gasteiger partial charge < -0.3 is 14.2 Å². The Balaban J connectivity index is 1.40. The number of nitrogens with zero attached hydrogens (tertiary/aromatic N) is 3. The van der Waals surface area contributed by atoms with Crippen molar-refractivity contribution in [2.75, 3.05) is 26.2 Å². The minimum Gasteiger partial charge on any atom is -0.459 e. The number of hydrogen-bond acceptors (Lipinski definition) is 5. The summed E-state index contributed by atoms with van der Waals surface area (Å²) < 4.78 is 5.18. The number of carbonyl (C=O) groups excluding carboxylic acids is 2. The molecule has 0 aromatic carbocycles. The minimum absolute atomic E-state index is 0.000406. The van der Waals surface area contributed by atoms with Gasteiger partial charge in [-0.3, -0.25) is 9.59 Å². The average Bonchev–Trinajstić information content (AvgIpc) is 3.28. The molecule has 0 aliphatic carbocycles. The van der Waals surface area contributed by atoms with Gasteiger partial charge in [-0.15, -0.1) is 11.3 Å². The van der Waals surface area contributed by atoms with Gasteiger partial charge in [0, 0.05) is 43.4 Å². The van der Waals surface area contributed by atoms with Gasteiger partial charge in [0.25, 0.3) is 11.8 Å². The van der Waals surface area contributed by atoms with Crippen LogP contribution in [0.15, 0.2) is 33.7 Å². The number of amides is 2. The third-order valence-corrected chi connectivity index (χ3v) is 5.03. The van der Waals surface area contributed by atoms with E-state index >= 15 is 0 Å². The zero-order valence-electron chi connectivity index (χ0n) is 11.8. The number of rotatable bonds is 2. The van der Waals surface area contributed by atoms with E-state index in [1.807, 2.05) is 9.80 Å². The molecule has 114 valence electrons. The Kier molecular flexibility index (Phi) is 3.22. The molecule has 2 aliphatic rings. The lowest BCUT2D eigenvalue weighted by molar-refractivity contribution is 0.0717. The maximum atomic E-state index is 12.3. The fraction of sp³-hybridized carbons (Fsp3) is 0.400. The molecule has 22 heavy (non-hydrogen) atoms. The Hall–Kier alpha value is -2.15. The second-order valence-corrected chi connectivity index (χ2v) is 6.51. The molecule has 0 bridgehead atoms. The van der Waals surface area contributed by atoms with Gasteiger partial charge in [0.15, 0.2) is 5.76 Å². The van der Waals surface area contributed by atoms with Gasteiger partial charge in [0.05, 0.1) is 11.8 Å². The van der Waals surface area contributed by atoms with E-state index < -0.39 is 0 Å². The number of hydrogen-bond donors (Lipinski definition) is 0. The predicted octanol–water partition coefficient (Wildman–Crippen LogP) is 1.58. The summed E-state index contributed by atoms with van der Waals surface area (Å²) in [7, 11) is 0. The van der Waals surface area contributed by atoms with Crippen LogP contribution in [0.1, 0.15) is 21.0 Å². The molecule has 6 nitrogen and oxygen atoms in total. The second-order valence-electron chi connectivity index (χ2n) is 5.79. The van der Waals surface area contributed by atoms with E-state index in [4.69, 9.17) is 4.42 Å². The van der Waals surface area contributed by atoms with E-state index in [0.717, 1.165) is 0 Å². The largest absolute Gasteiger partial charge is 0.459 e. The summed E-state index contributed by atoms with van der Waals surface area (Å²) in [6.07, 6.45) is 1.51. The monoisotopic (exact) mass is 317 g/mol. The van der Waals surface area contributed by atoms with E-state index in [1.54, 1.807) is 23.0 Å². The molecule has 0 spiro atoms. The summed E-state index contributed by atoms with van der Waals surface area (Å²) in [6.45, 7) is 2.77. The van der Waals surface area contributed by atoms with Crippen molar-refractivity contribution in [2.24, 2.45) is 11.8 Å². The number of aromatic nitrogens is 1. The lowest BCUT2D eigenvalue weighted by Crippen LogP contribution is -2.35. The summed E-state index contributed by atoms with van der Waals surface area (Å²) in [5, 5.41) is 1.78. The molecule has 0 N–H and O–H groups in total. The van der Waals surface area contributed by atoms with E-state index in [0.29, 0.717) is 49.5 Å². The van der Waals surface area contributed by atoms with Crippen molar-refractivity contribution in [3.05, 3.63) is 40.7 Å². The lowest BCUT2D eigenvalue weighted by Gasteiger charge is -2.20. The van der Waals surface area contributed by atoms with E-state index in [9.17, 15) is 9.59 Å². The minimum atomic E-state index is -0.0585. The molecular formula is C15H15N3O3S. The lowest BCUT2D eigenvalue weighted by atomic mass is 10.0. The maximum Gasteiger partial charge on any atom is 0.289 e. The van der Waals surface area contributed by atoms with Crippen molar-refractivity contribution >= 4 is 23.2 Å². The Morgan fingerprint density at radius 3 is 2.36 bits per heavy atom.